The average molecular weight is 1090 g/mol. The number of rotatable bonds is 10. The molecular formula is C68H84Cl2SiZr. The normalized spacial score (nSPS) is 18.2. The minimum Gasteiger partial charge on any atom is -0.147 e. The van der Waals surface area contributed by atoms with Crippen LogP contribution >= 0.6 is 24.8 Å². The fraction of sp³-hybridized carbons (Fsp3) is 0.412. The van der Waals surface area contributed by atoms with Crippen LogP contribution in [0.4, 0.5) is 0 Å². The van der Waals surface area contributed by atoms with Gasteiger partial charge in [0.25, 0.3) is 0 Å². The zero-order valence-corrected chi connectivity index (χ0v) is 51.8. The molecule has 2 fully saturated rings. The van der Waals surface area contributed by atoms with Crippen molar-refractivity contribution in [2.45, 2.75) is 160 Å². The summed E-state index contributed by atoms with van der Waals surface area (Å²) < 4.78 is 6.67. The summed E-state index contributed by atoms with van der Waals surface area (Å²) in [6.07, 6.45) is 13.4. The number of hydrogen-bond acceptors (Lipinski definition) is 0. The molecular weight excluding hydrogens is 1010 g/mol. The van der Waals surface area contributed by atoms with Crippen molar-refractivity contribution in [3.8, 4) is 44.5 Å². The molecule has 0 aromatic heterocycles. The van der Waals surface area contributed by atoms with E-state index in [1.165, 1.54) is 116 Å². The predicted molar refractivity (Wildman–Crippen MR) is 320 cm³/mol. The average Bonchev–Trinajstić information content (AvgIpc) is 4.21. The summed E-state index contributed by atoms with van der Waals surface area (Å²) in [6, 6.07) is 48.8. The Hall–Kier alpha value is -3.52. The van der Waals surface area contributed by atoms with Crippen molar-refractivity contribution in [1.29, 1.82) is 0 Å². The summed E-state index contributed by atoms with van der Waals surface area (Å²) >= 11 is -4.27. The van der Waals surface area contributed by atoms with E-state index in [0.717, 1.165) is 11.8 Å². The van der Waals surface area contributed by atoms with Crippen LogP contribution in [0.15, 0.2) is 132 Å². The molecule has 0 radical (unpaired) electrons. The molecule has 10 rings (SSSR count). The second-order valence-corrected chi connectivity index (χ2v) is 58.3. The van der Waals surface area contributed by atoms with E-state index >= 15 is 0 Å². The van der Waals surface area contributed by atoms with Crippen molar-refractivity contribution in [1.82, 2.24) is 0 Å². The zero-order chi connectivity index (χ0) is 49.9. The Morgan fingerprint density at radius 3 is 0.847 bits per heavy atom. The van der Waals surface area contributed by atoms with Gasteiger partial charge in [-0.2, -0.15) is 0 Å². The SMILES string of the molecule is CC(C)(C)c1ccc(-c2ccc(-c3ccc(C(C)(C)C)cc3)c3c2C=C(CC2CC2)[CH]3[Zr]([CH3])([CH3])(=[SiH2])[CH]2C(CC3CC3)=Cc3c(-c4ccc(C(C)(C)C)cc4)ccc(-c4ccc(C(C)(C)C)cc4)c32)cc1.Cl.Cl. The van der Waals surface area contributed by atoms with E-state index in [2.05, 4.69) is 233 Å². The second kappa shape index (κ2) is 19.2. The molecule has 2 unspecified atom stereocenters. The van der Waals surface area contributed by atoms with Gasteiger partial charge >= 0.3 is 430 Å². The molecule has 0 nitrogen and oxygen atoms in total. The van der Waals surface area contributed by atoms with E-state index in [1.54, 1.807) is 22.3 Å². The summed E-state index contributed by atoms with van der Waals surface area (Å²) in [5.41, 5.74) is 26.8. The first-order chi connectivity index (χ1) is 32.7. The first-order valence-electron chi connectivity index (χ1n) is 27.0. The van der Waals surface area contributed by atoms with Gasteiger partial charge in [0.2, 0.25) is 0 Å². The molecule has 2 atom stereocenters. The van der Waals surface area contributed by atoms with Crippen molar-refractivity contribution < 1.29 is 17.4 Å². The Morgan fingerprint density at radius 1 is 0.375 bits per heavy atom. The van der Waals surface area contributed by atoms with Gasteiger partial charge < -0.3 is 0 Å². The van der Waals surface area contributed by atoms with Crippen molar-refractivity contribution in [3.63, 3.8) is 0 Å². The van der Waals surface area contributed by atoms with Gasteiger partial charge in [-0.05, 0) is 0 Å². The fourth-order valence-corrected chi connectivity index (χ4v) is 32.2. The van der Waals surface area contributed by atoms with Crippen LogP contribution in [-0.4, -0.2) is 6.88 Å². The van der Waals surface area contributed by atoms with Crippen molar-refractivity contribution in [2.24, 2.45) is 11.8 Å². The molecule has 0 saturated heterocycles. The van der Waals surface area contributed by atoms with Crippen LogP contribution in [0.3, 0.4) is 0 Å². The number of allylic oxidation sites excluding steroid dienone is 2. The van der Waals surface area contributed by atoms with Gasteiger partial charge in [-0.25, -0.2) is 0 Å². The molecule has 6 aromatic rings. The summed E-state index contributed by atoms with van der Waals surface area (Å²) in [7, 11) is 0. The molecule has 0 spiro atoms. The predicted octanol–water partition coefficient (Wildman–Crippen LogP) is 19.9. The smallest absolute Gasteiger partial charge is 0.147 e. The molecule has 0 N–H and O–H groups in total. The van der Waals surface area contributed by atoms with Crippen LogP contribution in [0.25, 0.3) is 56.7 Å². The largest absolute Gasteiger partial charge is 0.147 e. The monoisotopic (exact) mass is 1090 g/mol. The number of benzene rings is 6. The summed E-state index contributed by atoms with van der Waals surface area (Å²) in [5, 5.41) is 0. The molecule has 0 heterocycles. The quantitative estimate of drug-likeness (QED) is 0.120. The summed E-state index contributed by atoms with van der Waals surface area (Å²) in [6.45, 7) is 30.6. The summed E-state index contributed by atoms with van der Waals surface area (Å²) in [5.74, 6) is 1.58. The van der Waals surface area contributed by atoms with Crippen LogP contribution in [0.5, 0.6) is 0 Å². The number of halogens is 2. The third kappa shape index (κ3) is 10.5. The van der Waals surface area contributed by atoms with Gasteiger partial charge in [-0.15, -0.1) is 24.8 Å². The molecule has 4 aliphatic carbocycles. The van der Waals surface area contributed by atoms with E-state index < -0.39 is 17.4 Å². The van der Waals surface area contributed by atoms with E-state index in [4.69, 9.17) is 0 Å². The number of hydrogen-bond donors (Lipinski definition) is 0. The van der Waals surface area contributed by atoms with Gasteiger partial charge in [-0.3, -0.25) is 0 Å². The maximum atomic E-state index is 2.93. The first-order valence-corrected chi connectivity index (χ1v) is 40.7. The van der Waals surface area contributed by atoms with E-state index in [9.17, 15) is 0 Å². The van der Waals surface area contributed by atoms with Crippen LogP contribution in [0.2, 0.25) is 9.26 Å². The van der Waals surface area contributed by atoms with Crippen molar-refractivity contribution >= 4 is 43.8 Å². The molecule has 6 aromatic carbocycles. The zero-order valence-electron chi connectivity index (χ0n) is 46.3. The number of fused-ring (bicyclic) bond motifs is 2. The van der Waals surface area contributed by atoms with Crippen LogP contribution < -0.4 is 0 Å². The first kappa shape index (κ1) is 54.7. The third-order valence-electron chi connectivity index (χ3n) is 17.1. The van der Waals surface area contributed by atoms with Crippen molar-refractivity contribution in [3.05, 3.63) is 177 Å². The van der Waals surface area contributed by atoms with Gasteiger partial charge in [0.15, 0.2) is 0 Å². The molecule has 0 amide bonds. The Balaban J connectivity index is 0.00000347. The second-order valence-electron chi connectivity index (χ2n) is 27.8. The van der Waals surface area contributed by atoms with Gasteiger partial charge in [0.05, 0.1) is 0 Å². The van der Waals surface area contributed by atoms with Gasteiger partial charge in [0, 0.05) is 0 Å². The van der Waals surface area contributed by atoms with E-state index in [-0.39, 0.29) is 46.5 Å². The molecule has 378 valence electrons. The van der Waals surface area contributed by atoms with Gasteiger partial charge in [-0.1, -0.05) is 0 Å². The Bertz CT molecular complexity index is 2910. The molecule has 0 aliphatic heterocycles. The molecule has 4 aliphatic rings. The van der Waals surface area contributed by atoms with Crippen molar-refractivity contribution in [2.75, 3.05) is 0 Å². The molecule has 0 bridgehead atoms. The maximum Gasteiger partial charge on any atom is -0.147 e. The third-order valence-corrected chi connectivity index (χ3v) is 34.5. The molecule has 2 saturated carbocycles. The standard InChI is InChI=1S/2C33H37.2CH3.2ClH.H2Si.Zr/c2*1-32(2,3)26-13-9-24(10-14-26)28-17-18-29(25-11-15-27(16-12-25)33(4,5)6)31-21-23(20-30(28)31)19-22-7-8-22;;;;;;/h2*9-18,20-22H,7-8,19H2,1-6H3;2*1H3;2*1H;1H2;. The van der Waals surface area contributed by atoms with E-state index in [1.807, 2.05) is 0 Å². The van der Waals surface area contributed by atoms with E-state index in [0.29, 0.717) is 7.25 Å². The topological polar surface area (TPSA) is 0 Å². The Kier molecular flexibility index (Phi) is 14.6. The minimum absolute atomic E-state index is 0. The minimum atomic E-state index is -4.27. The molecule has 72 heavy (non-hydrogen) atoms. The summed E-state index contributed by atoms with van der Waals surface area (Å²) in [4.78, 5) is 0. The van der Waals surface area contributed by atoms with Crippen LogP contribution in [0.1, 0.15) is 173 Å². The van der Waals surface area contributed by atoms with Gasteiger partial charge in [0.1, 0.15) is 0 Å². The van der Waals surface area contributed by atoms with Crippen LogP contribution in [0, 0.1) is 11.8 Å². The molecule has 4 heteroatoms. The Labute approximate surface area is 450 Å². The fourth-order valence-electron chi connectivity index (χ4n) is 12.7. The maximum absolute atomic E-state index is 4.27. The van der Waals surface area contributed by atoms with Crippen LogP contribution in [-0.2, 0) is 39.1 Å². The Morgan fingerprint density at radius 2 is 0.611 bits per heavy atom.